The van der Waals surface area contributed by atoms with E-state index in [1.807, 2.05) is 36.9 Å². The van der Waals surface area contributed by atoms with Gasteiger partial charge in [0.1, 0.15) is 17.7 Å². The molecule has 1 amide bonds. The fraction of sp³-hybridized carbons (Fsp3) is 0.471. The number of hydrogen-bond donors (Lipinski definition) is 1. The van der Waals surface area contributed by atoms with E-state index in [9.17, 15) is 9.90 Å². The SMILES string of the molecule is Cc1cc(N2CCC(O)(CN(C)C(=O)c3ccc(C)s3)C2)ncn1. The highest BCUT2D eigenvalue weighted by atomic mass is 32.1. The molecule has 24 heavy (non-hydrogen) atoms. The van der Waals surface area contributed by atoms with E-state index in [0.717, 1.165) is 16.4 Å². The molecule has 1 aliphatic rings. The average Bonchev–Trinajstić information content (AvgIpc) is 3.13. The largest absolute Gasteiger partial charge is 0.386 e. The number of likely N-dealkylation sites (N-methyl/N-ethyl adjacent to an activating group) is 1. The molecule has 1 aliphatic heterocycles. The molecule has 7 heteroatoms. The molecule has 0 saturated carbocycles. The van der Waals surface area contributed by atoms with Crippen LogP contribution in [0.3, 0.4) is 0 Å². The van der Waals surface area contributed by atoms with Crippen LogP contribution in [0.4, 0.5) is 5.82 Å². The predicted octanol–water partition coefficient (Wildman–Crippen LogP) is 1.87. The molecule has 2 aromatic heterocycles. The summed E-state index contributed by atoms with van der Waals surface area (Å²) in [6, 6.07) is 5.69. The monoisotopic (exact) mass is 346 g/mol. The van der Waals surface area contributed by atoms with Gasteiger partial charge < -0.3 is 14.9 Å². The fourth-order valence-electron chi connectivity index (χ4n) is 3.05. The second-order valence-corrected chi connectivity index (χ2v) is 7.77. The highest BCUT2D eigenvalue weighted by Gasteiger charge is 2.38. The molecule has 1 saturated heterocycles. The van der Waals surface area contributed by atoms with E-state index in [1.165, 1.54) is 17.7 Å². The molecule has 0 spiro atoms. The standard InChI is InChI=1S/C17H22N4O2S/c1-12-8-15(19-11-18-12)21-7-6-17(23,10-21)9-20(3)16(22)14-5-4-13(2)24-14/h4-5,8,11,23H,6-7,9-10H2,1-3H3. The third kappa shape index (κ3) is 3.57. The molecule has 1 N–H and O–H groups in total. The van der Waals surface area contributed by atoms with Crippen molar-refractivity contribution >= 4 is 23.1 Å². The van der Waals surface area contributed by atoms with Gasteiger partial charge in [-0.15, -0.1) is 11.3 Å². The Bertz CT molecular complexity index is 748. The Balaban J connectivity index is 1.65. The van der Waals surface area contributed by atoms with Gasteiger partial charge in [0.15, 0.2) is 0 Å². The molecular formula is C17H22N4O2S. The zero-order valence-corrected chi connectivity index (χ0v) is 15.0. The average molecular weight is 346 g/mol. The maximum Gasteiger partial charge on any atom is 0.263 e. The topological polar surface area (TPSA) is 69.6 Å². The number of aromatic nitrogens is 2. The number of β-amino-alcohol motifs (C(OH)–C–C–N with tert-alkyl or cyclic N) is 1. The van der Waals surface area contributed by atoms with Crippen LogP contribution in [-0.4, -0.2) is 58.2 Å². The van der Waals surface area contributed by atoms with Crippen LogP contribution in [0, 0.1) is 13.8 Å². The van der Waals surface area contributed by atoms with Crippen LogP contribution in [0.5, 0.6) is 0 Å². The Labute approximate surface area is 145 Å². The van der Waals surface area contributed by atoms with Crippen molar-refractivity contribution in [3.05, 3.63) is 40.0 Å². The minimum atomic E-state index is -0.921. The van der Waals surface area contributed by atoms with Gasteiger partial charge in [0, 0.05) is 36.8 Å². The van der Waals surface area contributed by atoms with E-state index in [0.29, 0.717) is 30.9 Å². The molecule has 1 fully saturated rings. The van der Waals surface area contributed by atoms with Gasteiger partial charge in [-0.05, 0) is 32.4 Å². The molecule has 6 nitrogen and oxygen atoms in total. The lowest BCUT2D eigenvalue weighted by Crippen LogP contribution is -2.45. The minimum absolute atomic E-state index is 0.0437. The third-order valence-corrected chi connectivity index (χ3v) is 5.26. The highest BCUT2D eigenvalue weighted by molar-refractivity contribution is 7.13. The number of rotatable bonds is 4. The third-order valence-electron chi connectivity index (χ3n) is 4.27. The first-order valence-electron chi connectivity index (χ1n) is 7.94. The van der Waals surface area contributed by atoms with Gasteiger partial charge in [-0.1, -0.05) is 0 Å². The van der Waals surface area contributed by atoms with Crippen LogP contribution in [0.1, 0.15) is 26.7 Å². The summed E-state index contributed by atoms with van der Waals surface area (Å²) >= 11 is 1.48. The van der Waals surface area contributed by atoms with Crippen molar-refractivity contribution in [1.29, 1.82) is 0 Å². The van der Waals surface area contributed by atoms with E-state index in [4.69, 9.17) is 0 Å². The molecule has 0 bridgehead atoms. The first-order valence-corrected chi connectivity index (χ1v) is 8.76. The zero-order valence-electron chi connectivity index (χ0n) is 14.2. The van der Waals surface area contributed by atoms with Crippen LogP contribution in [0.2, 0.25) is 0 Å². The van der Waals surface area contributed by atoms with Crippen LogP contribution in [0.15, 0.2) is 24.5 Å². The highest BCUT2D eigenvalue weighted by Crippen LogP contribution is 2.27. The maximum atomic E-state index is 12.5. The van der Waals surface area contributed by atoms with Gasteiger partial charge >= 0.3 is 0 Å². The fourth-order valence-corrected chi connectivity index (χ4v) is 3.91. The van der Waals surface area contributed by atoms with Crippen molar-refractivity contribution in [2.75, 3.05) is 31.6 Å². The Hall–Kier alpha value is -1.99. The number of aryl methyl sites for hydroxylation is 2. The molecule has 0 aliphatic carbocycles. The first kappa shape index (κ1) is 16.9. The number of carbonyl (C=O) groups is 1. The van der Waals surface area contributed by atoms with E-state index in [1.54, 1.807) is 11.9 Å². The number of nitrogens with zero attached hydrogens (tertiary/aromatic N) is 4. The van der Waals surface area contributed by atoms with Crippen molar-refractivity contribution in [1.82, 2.24) is 14.9 Å². The molecular weight excluding hydrogens is 324 g/mol. The summed E-state index contributed by atoms with van der Waals surface area (Å²) in [5, 5.41) is 10.9. The van der Waals surface area contributed by atoms with E-state index in [2.05, 4.69) is 9.97 Å². The summed E-state index contributed by atoms with van der Waals surface area (Å²) in [7, 11) is 1.74. The Morgan fingerprint density at radius 3 is 2.88 bits per heavy atom. The molecule has 0 aromatic carbocycles. The minimum Gasteiger partial charge on any atom is -0.386 e. The van der Waals surface area contributed by atoms with Crippen LogP contribution >= 0.6 is 11.3 Å². The van der Waals surface area contributed by atoms with Gasteiger partial charge in [-0.2, -0.15) is 0 Å². The Morgan fingerprint density at radius 2 is 2.21 bits per heavy atom. The maximum absolute atomic E-state index is 12.5. The summed E-state index contributed by atoms with van der Waals surface area (Å²) in [5.74, 6) is 0.777. The van der Waals surface area contributed by atoms with Crippen molar-refractivity contribution < 1.29 is 9.90 Å². The van der Waals surface area contributed by atoms with E-state index >= 15 is 0 Å². The van der Waals surface area contributed by atoms with Crippen molar-refractivity contribution in [3.8, 4) is 0 Å². The van der Waals surface area contributed by atoms with Crippen molar-refractivity contribution in [2.24, 2.45) is 0 Å². The number of thiophene rings is 1. The lowest BCUT2D eigenvalue weighted by Gasteiger charge is -2.29. The number of hydrogen-bond acceptors (Lipinski definition) is 6. The number of carbonyl (C=O) groups excluding carboxylic acids is 1. The second kappa shape index (κ2) is 6.49. The van der Waals surface area contributed by atoms with Gasteiger partial charge in [-0.3, -0.25) is 4.79 Å². The summed E-state index contributed by atoms with van der Waals surface area (Å²) in [6.07, 6.45) is 2.15. The lowest BCUT2D eigenvalue weighted by atomic mass is 10.0. The summed E-state index contributed by atoms with van der Waals surface area (Å²) in [5.41, 5.74) is -0.0222. The van der Waals surface area contributed by atoms with Gasteiger partial charge in [0.05, 0.1) is 11.4 Å². The normalized spacial score (nSPS) is 20.4. The number of aliphatic hydroxyl groups is 1. The lowest BCUT2D eigenvalue weighted by molar-refractivity contribution is 0.0266. The van der Waals surface area contributed by atoms with E-state index < -0.39 is 5.60 Å². The zero-order chi connectivity index (χ0) is 17.3. The number of anilines is 1. The van der Waals surface area contributed by atoms with Gasteiger partial charge in [0.25, 0.3) is 5.91 Å². The van der Waals surface area contributed by atoms with Crippen molar-refractivity contribution in [2.45, 2.75) is 25.9 Å². The molecule has 3 rings (SSSR count). The quantitative estimate of drug-likeness (QED) is 0.915. The first-order chi connectivity index (χ1) is 11.4. The van der Waals surface area contributed by atoms with Crippen molar-refractivity contribution in [3.63, 3.8) is 0 Å². The molecule has 3 heterocycles. The second-order valence-electron chi connectivity index (χ2n) is 6.48. The van der Waals surface area contributed by atoms with Gasteiger partial charge in [0.2, 0.25) is 0 Å². The molecule has 2 aromatic rings. The Kier molecular flexibility index (Phi) is 4.56. The molecule has 128 valence electrons. The van der Waals surface area contributed by atoms with Crippen LogP contribution in [0.25, 0.3) is 0 Å². The molecule has 1 unspecified atom stereocenters. The Morgan fingerprint density at radius 1 is 1.42 bits per heavy atom. The molecule has 1 atom stereocenters. The summed E-state index contributed by atoms with van der Waals surface area (Å²) in [6.45, 7) is 5.39. The summed E-state index contributed by atoms with van der Waals surface area (Å²) < 4.78 is 0. The van der Waals surface area contributed by atoms with E-state index in [-0.39, 0.29) is 5.91 Å². The smallest absolute Gasteiger partial charge is 0.263 e. The van der Waals surface area contributed by atoms with Crippen LogP contribution < -0.4 is 4.90 Å². The predicted molar refractivity (Wildman–Crippen MR) is 94.6 cm³/mol. The molecule has 0 radical (unpaired) electrons. The number of amides is 1. The summed E-state index contributed by atoms with van der Waals surface area (Å²) in [4.78, 5) is 26.3. The van der Waals surface area contributed by atoms with Crippen LogP contribution in [-0.2, 0) is 0 Å². The van der Waals surface area contributed by atoms with Gasteiger partial charge in [-0.25, -0.2) is 9.97 Å².